The Labute approximate surface area is 152 Å². The van der Waals surface area contributed by atoms with Crippen LogP contribution in [-0.4, -0.2) is 47.0 Å². The molecule has 0 aromatic heterocycles. The van der Waals surface area contributed by atoms with E-state index in [4.69, 9.17) is 10.8 Å². The molecule has 1 unspecified atom stereocenters. The van der Waals surface area contributed by atoms with Crippen LogP contribution in [0.1, 0.15) is 44.9 Å². The fraction of sp³-hybridized carbons (Fsp3) is 0.667. The highest BCUT2D eigenvalue weighted by atomic mass is 16.7. The zero-order valence-corrected chi connectivity index (χ0v) is 14.8. The summed E-state index contributed by atoms with van der Waals surface area (Å²) < 4.78 is 4.40. The third kappa shape index (κ3) is 5.39. The summed E-state index contributed by atoms with van der Waals surface area (Å²) in [6.45, 7) is 0.925. The fourth-order valence-electron chi connectivity index (χ4n) is 3.86. The molecule has 0 bridgehead atoms. The molecule has 2 amide bonds. The number of imide groups is 1. The summed E-state index contributed by atoms with van der Waals surface area (Å²) in [5.41, 5.74) is 5.49. The Bertz CT molecular complexity index is 562. The second-order valence-corrected chi connectivity index (χ2v) is 6.98. The Hall–Kier alpha value is -2.22. The molecule has 1 saturated carbocycles. The van der Waals surface area contributed by atoms with Gasteiger partial charge < -0.3 is 15.6 Å². The summed E-state index contributed by atoms with van der Waals surface area (Å²) in [4.78, 5) is 47.4. The molecule has 1 aliphatic carbocycles. The van der Waals surface area contributed by atoms with Crippen LogP contribution in [0.2, 0.25) is 0 Å². The first-order chi connectivity index (χ1) is 12.4. The molecule has 2 rings (SSSR count). The standard InChI is InChI=1S/C18H26N2O6/c19-10-2-1-3-14(17(23)26-18(24)25)13-6-4-12(5-7-13)11-20-15(21)8-9-16(20)22/h8-9,12-14H,1-7,10-11,19H2,(H,24,25). The molecule has 8 nitrogen and oxygen atoms in total. The van der Waals surface area contributed by atoms with Gasteiger partial charge in [0, 0.05) is 18.7 Å². The van der Waals surface area contributed by atoms with Gasteiger partial charge in [0.2, 0.25) is 0 Å². The van der Waals surface area contributed by atoms with Crippen LogP contribution in [0.3, 0.4) is 0 Å². The van der Waals surface area contributed by atoms with Crippen molar-refractivity contribution in [2.45, 2.75) is 44.9 Å². The zero-order chi connectivity index (χ0) is 19.1. The number of rotatable bonds is 8. The van der Waals surface area contributed by atoms with Crippen molar-refractivity contribution in [3.8, 4) is 0 Å². The van der Waals surface area contributed by atoms with Crippen molar-refractivity contribution in [3.63, 3.8) is 0 Å². The van der Waals surface area contributed by atoms with Crippen molar-refractivity contribution in [1.29, 1.82) is 0 Å². The molecule has 0 aromatic rings. The Morgan fingerprint density at radius 2 is 1.77 bits per heavy atom. The largest absolute Gasteiger partial charge is 0.513 e. The molecule has 8 heteroatoms. The number of unbranched alkanes of at least 4 members (excludes halogenated alkanes) is 1. The van der Waals surface area contributed by atoms with Gasteiger partial charge in [0.25, 0.3) is 11.8 Å². The quantitative estimate of drug-likeness (QED) is 0.289. The van der Waals surface area contributed by atoms with Gasteiger partial charge in [-0.3, -0.25) is 19.3 Å². The molecular weight excluding hydrogens is 340 g/mol. The van der Waals surface area contributed by atoms with Gasteiger partial charge in [0.15, 0.2) is 0 Å². The maximum absolute atomic E-state index is 12.2. The van der Waals surface area contributed by atoms with Crippen molar-refractivity contribution in [2.24, 2.45) is 23.5 Å². The maximum atomic E-state index is 12.2. The van der Waals surface area contributed by atoms with Gasteiger partial charge in [-0.05, 0) is 56.9 Å². The number of carbonyl (C=O) groups is 4. The summed E-state index contributed by atoms with van der Waals surface area (Å²) in [5, 5.41) is 8.72. The molecule has 3 N–H and O–H groups in total. The predicted molar refractivity (Wildman–Crippen MR) is 91.8 cm³/mol. The van der Waals surface area contributed by atoms with Crippen LogP contribution < -0.4 is 5.73 Å². The minimum absolute atomic E-state index is 0.0546. The van der Waals surface area contributed by atoms with E-state index >= 15 is 0 Å². The predicted octanol–water partition coefficient (Wildman–Crippen LogP) is 1.68. The number of esters is 1. The number of nitrogens with two attached hydrogens (primary N) is 1. The van der Waals surface area contributed by atoms with E-state index in [1.165, 1.54) is 17.1 Å². The van der Waals surface area contributed by atoms with E-state index in [0.717, 1.165) is 38.5 Å². The molecule has 144 valence electrons. The summed E-state index contributed by atoms with van der Waals surface area (Å²) in [6.07, 6.45) is 6.14. The Kier molecular flexibility index (Phi) is 7.32. The maximum Gasteiger partial charge on any atom is 0.513 e. The first-order valence-corrected chi connectivity index (χ1v) is 9.10. The molecule has 1 fully saturated rings. The lowest BCUT2D eigenvalue weighted by atomic mass is 9.74. The van der Waals surface area contributed by atoms with Gasteiger partial charge in [-0.25, -0.2) is 4.79 Å². The number of amides is 2. The van der Waals surface area contributed by atoms with Gasteiger partial charge in [0.05, 0.1) is 5.92 Å². The summed E-state index contributed by atoms with van der Waals surface area (Å²) in [6, 6.07) is 0. The number of carboxylic acid groups (broad SMARTS) is 1. The van der Waals surface area contributed by atoms with Crippen LogP contribution in [0.4, 0.5) is 4.79 Å². The number of carbonyl (C=O) groups excluding carboxylic acids is 3. The minimum atomic E-state index is -1.58. The molecule has 1 heterocycles. The van der Waals surface area contributed by atoms with Crippen molar-refractivity contribution in [3.05, 3.63) is 12.2 Å². The Morgan fingerprint density at radius 1 is 1.15 bits per heavy atom. The molecular formula is C18H26N2O6. The fourth-order valence-corrected chi connectivity index (χ4v) is 3.86. The highest BCUT2D eigenvalue weighted by Gasteiger charge is 2.35. The second-order valence-electron chi connectivity index (χ2n) is 6.98. The number of nitrogens with zero attached hydrogens (tertiary/aromatic N) is 1. The number of hydrogen-bond acceptors (Lipinski definition) is 6. The number of hydrogen-bond donors (Lipinski definition) is 2. The summed E-state index contributed by atoms with van der Waals surface area (Å²) >= 11 is 0. The van der Waals surface area contributed by atoms with Crippen LogP contribution in [0.15, 0.2) is 12.2 Å². The minimum Gasteiger partial charge on any atom is -0.449 e. The van der Waals surface area contributed by atoms with E-state index in [9.17, 15) is 19.2 Å². The zero-order valence-electron chi connectivity index (χ0n) is 14.8. The van der Waals surface area contributed by atoms with Crippen molar-refractivity contribution in [2.75, 3.05) is 13.1 Å². The lowest BCUT2D eigenvalue weighted by Crippen LogP contribution is -2.37. The molecule has 0 aromatic carbocycles. The SMILES string of the molecule is NCCCCC(C(=O)OC(=O)O)C1CCC(CN2C(=O)C=CC2=O)CC1. The highest BCUT2D eigenvalue weighted by Crippen LogP contribution is 2.36. The smallest absolute Gasteiger partial charge is 0.449 e. The van der Waals surface area contributed by atoms with E-state index in [0.29, 0.717) is 19.5 Å². The monoisotopic (exact) mass is 366 g/mol. The van der Waals surface area contributed by atoms with E-state index in [1.807, 2.05) is 0 Å². The van der Waals surface area contributed by atoms with Crippen LogP contribution >= 0.6 is 0 Å². The molecule has 1 atom stereocenters. The lowest BCUT2D eigenvalue weighted by Gasteiger charge is -2.33. The van der Waals surface area contributed by atoms with Crippen LogP contribution in [-0.2, 0) is 19.1 Å². The number of ether oxygens (including phenoxy) is 1. The summed E-state index contributed by atoms with van der Waals surface area (Å²) in [7, 11) is 0. The van der Waals surface area contributed by atoms with Crippen LogP contribution in [0.25, 0.3) is 0 Å². The molecule has 0 radical (unpaired) electrons. The Morgan fingerprint density at radius 3 is 2.31 bits per heavy atom. The van der Waals surface area contributed by atoms with Crippen molar-refractivity contribution in [1.82, 2.24) is 4.90 Å². The van der Waals surface area contributed by atoms with Gasteiger partial charge in [-0.1, -0.05) is 6.42 Å². The van der Waals surface area contributed by atoms with Gasteiger partial charge in [-0.2, -0.15) is 0 Å². The van der Waals surface area contributed by atoms with Crippen LogP contribution in [0, 0.1) is 17.8 Å². The van der Waals surface area contributed by atoms with E-state index < -0.39 is 18.0 Å². The van der Waals surface area contributed by atoms with E-state index in [1.54, 1.807) is 0 Å². The first kappa shape index (κ1) is 20.1. The van der Waals surface area contributed by atoms with Gasteiger partial charge in [0.1, 0.15) is 0 Å². The summed E-state index contributed by atoms with van der Waals surface area (Å²) in [5.74, 6) is -1.43. The first-order valence-electron chi connectivity index (χ1n) is 9.10. The topological polar surface area (TPSA) is 127 Å². The molecule has 1 aliphatic heterocycles. The molecule has 0 saturated heterocycles. The lowest BCUT2D eigenvalue weighted by molar-refractivity contribution is -0.146. The second kappa shape index (κ2) is 9.47. The molecule has 2 aliphatic rings. The third-order valence-electron chi connectivity index (χ3n) is 5.26. The third-order valence-corrected chi connectivity index (χ3v) is 5.26. The molecule has 26 heavy (non-hydrogen) atoms. The highest BCUT2D eigenvalue weighted by molar-refractivity contribution is 6.12. The van der Waals surface area contributed by atoms with E-state index in [2.05, 4.69) is 4.74 Å². The molecule has 0 spiro atoms. The van der Waals surface area contributed by atoms with Gasteiger partial charge in [-0.15, -0.1) is 0 Å². The van der Waals surface area contributed by atoms with E-state index in [-0.39, 0.29) is 23.7 Å². The van der Waals surface area contributed by atoms with Gasteiger partial charge >= 0.3 is 12.1 Å². The van der Waals surface area contributed by atoms with Crippen LogP contribution in [0.5, 0.6) is 0 Å². The average molecular weight is 366 g/mol. The average Bonchev–Trinajstić information content (AvgIpc) is 2.91. The normalized spacial score (nSPS) is 24.0. The van der Waals surface area contributed by atoms with Crippen molar-refractivity contribution < 1.29 is 29.0 Å². The Balaban J connectivity index is 1.88. The van der Waals surface area contributed by atoms with Crippen molar-refractivity contribution >= 4 is 23.9 Å².